The van der Waals surface area contributed by atoms with Crippen LogP contribution in [0.25, 0.3) is 0 Å². The summed E-state index contributed by atoms with van der Waals surface area (Å²) in [5.74, 6) is 1.47. The fourth-order valence-electron chi connectivity index (χ4n) is 4.24. The molecule has 1 unspecified atom stereocenters. The van der Waals surface area contributed by atoms with Gasteiger partial charge in [0.2, 0.25) is 0 Å². The van der Waals surface area contributed by atoms with E-state index in [1.165, 1.54) is 11.1 Å². The van der Waals surface area contributed by atoms with Gasteiger partial charge in [0.25, 0.3) is 0 Å². The van der Waals surface area contributed by atoms with Crippen LogP contribution in [0.1, 0.15) is 28.9 Å². The summed E-state index contributed by atoms with van der Waals surface area (Å²) in [6.07, 6.45) is -0.0229. The van der Waals surface area contributed by atoms with Gasteiger partial charge in [-0.05, 0) is 28.8 Å². The highest BCUT2D eigenvalue weighted by Gasteiger charge is 2.59. The third-order valence-electron chi connectivity index (χ3n) is 5.59. The summed E-state index contributed by atoms with van der Waals surface area (Å²) in [6.45, 7) is 0. The lowest BCUT2D eigenvalue weighted by molar-refractivity contribution is 0.351. The smallest absolute Gasteiger partial charge is 0.161 e. The largest absolute Gasteiger partial charge is 0.493 e. The molecule has 4 nitrogen and oxygen atoms in total. The van der Waals surface area contributed by atoms with Crippen molar-refractivity contribution in [2.24, 2.45) is 4.99 Å². The van der Waals surface area contributed by atoms with E-state index >= 15 is 0 Å². The molecule has 0 saturated carbocycles. The highest BCUT2D eigenvalue weighted by Crippen LogP contribution is 2.56. The van der Waals surface area contributed by atoms with E-state index in [1.54, 1.807) is 14.2 Å². The van der Waals surface area contributed by atoms with Crippen LogP contribution in [0.15, 0.2) is 83.9 Å². The first-order chi connectivity index (χ1) is 13.8. The Bertz CT molecular complexity index is 1020. The van der Waals surface area contributed by atoms with Crippen molar-refractivity contribution in [3.05, 3.63) is 95.6 Å². The molecule has 0 N–H and O–H groups in total. The molecule has 0 radical (unpaired) electrons. The van der Waals surface area contributed by atoms with Gasteiger partial charge >= 0.3 is 0 Å². The SMILES string of the molecule is COc1ccc([C@H]2N=C(c3ccccc3)[C@@H]3[C@@H](c4ccccc4)N23)cc1OC. The lowest BCUT2D eigenvalue weighted by atomic mass is 10.0. The molecule has 2 aliphatic rings. The van der Waals surface area contributed by atoms with Gasteiger partial charge in [-0.25, -0.2) is 0 Å². The molecule has 4 atom stereocenters. The van der Waals surface area contributed by atoms with Gasteiger partial charge in [0.05, 0.1) is 32.0 Å². The molecule has 3 aromatic rings. The van der Waals surface area contributed by atoms with Crippen molar-refractivity contribution >= 4 is 5.71 Å². The molecule has 1 saturated heterocycles. The number of nitrogens with zero attached hydrogens (tertiary/aromatic N) is 2. The fourth-order valence-corrected chi connectivity index (χ4v) is 4.24. The van der Waals surface area contributed by atoms with Gasteiger partial charge in [-0.3, -0.25) is 9.89 Å². The van der Waals surface area contributed by atoms with Crippen molar-refractivity contribution in [3.8, 4) is 11.5 Å². The van der Waals surface area contributed by atoms with E-state index in [0.29, 0.717) is 12.1 Å². The number of rotatable bonds is 5. The van der Waals surface area contributed by atoms with Crippen molar-refractivity contribution in [1.29, 1.82) is 0 Å². The Morgan fingerprint density at radius 3 is 2.07 bits per heavy atom. The third kappa shape index (κ3) is 2.69. The quantitative estimate of drug-likeness (QED) is 0.614. The highest BCUT2D eigenvalue weighted by atomic mass is 16.5. The van der Waals surface area contributed by atoms with Crippen molar-refractivity contribution in [3.63, 3.8) is 0 Å². The zero-order valence-corrected chi connectivity index (χ0v) is 15.9. The minimum atomic E-state index is -0.0229. The topological polar surface area (TPSA) is 33.8 Å². The van der Waals surface area contributed by atoms with Gasteiger partial charge in [-0.1, -0.05) is 66.7 Å². The summed E-state index contributed by atoms with van der Waals surface area (Å²) in [4.78, 5) is 7.58. The van der Waals surface area contributed by atoms with Crippen LogP contribution in [0.2, 0.25) is 0 Å². The van der Waals surface area contributed by atoms with Crippen LogP contribution >= 0.6 is 0 Å². The van der Waals surface area contributed by atoms with E-state index in [9.17, 15) is 0 Å². The molecule has 28 heavy (non-hydrogen) atoms. The molecule has 1 fully saturated rings. The zero-order valence-electron chi connectivity index (χ0n) is 15.9. The minimum Gasteiger partial charge on any atom is -0.493 e. The summed E-state index contributed by atoms with van der Waals surface area (Å²) < 4.78 is 10.9. The fraction of sp³-hybridized carbons (Fsp3) is 0.208. The van der Waals surface area contributed by atoms with Gasteiger partial charge in [-0.2, -0.15) is 0 Å². The zero-order chi connectivity index (χ0) is 19.1. The molecule has 0 spiro atoms. The molecule has 140 valence electrons. The summed E-state index contributed by atoms with van der Waals surface area (Å²) in [6, 6.07) is 27.9. The van der Waals surface area contributed by atoms with Gasteiger partial charge in [0, 0.05) is 0 Å². The van der Waals surface area contributed by atoms with Crippen LogP contribution in [0, 0.1) is 0 Å². The number of ether oxygens (including phenoxy) is 2. The molecule has 0 amide bonds. The van der Waals surface area contributed by atoms with Gasteiger partial charge in [-0.15, -0.1) is 0 Å². The Kier molecular flexibility index (Phi) is 4.14. The van der Waals surface area contributed by atoms with E-state index in [1.807, 2.05) is 18.2 Å². The Balaban J connectivity index is 1.57. The number of hydrogen-bond acceptors (Lipinski definition) is 4. The summed E-state index contributed by atoms with van der Waals surface area (Å²) in [5, 5.41) is 0. The van der Waals surface area contributed by atoms with Crippen LogP contribution in [-0.2, 0) is 0 Å². The average molecular weight is 370 g/mol. The van der Waals surface area contributed by atoms with Gasteiger partial charge in [0.15, 0.2) is 11.5 Å². The lowest BCUT2D eigenvalue weighted by Gasteiger charge is -2.16. The molecule has 0 aromatic heterocycles. The predicted octanol–water partition coefficient (Wildman–Crippen LogP) is 4.63. The average Bonchev–Trinajstić information content (AvgIpc) is 3.38. The van der Waals surface area contributed by atoms with Crippen molar-refractivity contribution in [2.75, 3.05) is 14.2 Å². The van der Waals surface area contributed by atoms with E-state index in [4.69, 9.17) is 14.5 Å². The maximum absolute atomic E-state index is 5.52. The van der Waals surface area contributed by atoms with Crippen molar-refractivity contribution < 1.29 is 9.47 Å². The third-order valence-corrected chi connectivity index (χ3v) is 5.59. The second-order valence-electron chi connectivity index (χ2n) is 7.12. The number of hydrogen-bond donors (Lipinski definition) is 0. The van der Waals surface area contributed by atoms with Crippen molar-refractivity contribution in [2.45, 2.75) is 18.2 Å². The summed E-state index contributed by atoms with van der Waals surface area (Å²) >= 11 is 0. The number of aliphatic imine (C=N–C) groups is 1. The molecular formula is C24H22N2O2. The molecule has 2 aliphatic heterocycles. The van der Waals surface area contributed by atoms with Crippen LogP contribution in [0.4, 0.5) is 0 Å². The van der Waals surface area contributed by atoms with Crippen LogP contribution in [0.3, 0.4) is 0 Å². The second kappa shape index (κ2) is 6.80. The predicted molar refractivity (Wildman–Crippen MR) is 110 cm³/mol. The monoisotopic (exact) mass is 370 g/mol. The summed E-state index contributed by atoms with van der Waals surface area (Å²) in [5.41, 5.74) is 4.81. The van der Waals surface area contributed by atoms with Crippen LogP contribution in [-0.4, -0.2) is 30.9 Å². The normalized spacial score (nSPS) is 25.0. The Morgan fingerprint density at radius 2 is 1.39 bits per heavy atom. The van der Waals surface area contributed by atoms with Gasteiger partial charge < -0.3 is 9.47 Å². The molecule has 0 bridgehead atoms. The maximum atomic E-state index is 5.52. The first-order valence-electron chi connectivity index (χ1n) is 9.49. The van der Waals surface area contributed by atoms with Crippen LogP contribution in [0.5, 0.6) is 11.5 Å². The molecule has 3 aromatic carbocycles. The minimum absolute atomic E-state index is 0.0229. The Morgan fingerprint density at radius 1 is 0.714 bits per heavy atom. The molecule has 5 rings (SSSR count). The molecule has 0 aliphatic carbocycles. The van der Waals surface area contributed by atoms with Gasteiger partial charge in [0.1, 0.15) is 6.17 Å². The number of fused-ring (bicyclic) bond motifs is 1. The first kappa shape index (κ1) is 17.0. The van der Waals surface area contributed by atoms with E-state index < -0.39 is 0 Å². The van der Waals surface area contributed by atoms with E-state index in [2.05, 4.69) is 65.6 Å². The number of benzene rings is 3. The van der Waals surface area contributed by atoms with E-state index in [-0.39, 0.29) is 6.17 Å². The Hall–Kier alpha value is -3.11. The summed E-state index contributed by atoms with van der Waals surface area (Å²) in [7, 11) is 3.33. The molecule has 4 heteroatoms. The molecule has 2 heterocycles. The second-order valence-corrected chi connectivity index (χ2v) is 7.12. The first-order valence-corrected chi connectivity index (χ1v) is 9.49. The maximum Gasteiger partial charge on any atom is 0.161 e. The lowest BCUT2D eigenvalue weighted by Crippen LogP contribution is -2.08. The van der Waals surface area contributed by atoms with Crippen LogP contribution < -0.4 is 9.47 Å². The number of methoxy groups -OCH3 is 2. The standard InChI is InChI=1S/C24H22N2O2/c1-27-19-14-13-18(15-20(19)28-2)24-25-21(16-9-5-3-6-10-16)23-22(26(23)24)17-11-7-4-8-12-17/h3-15,22-24H,1-2H3/t22-,23-,24+,26?/m1/s1. The van der Waals surface area contributed by atoms with Crippen molar-refractivity contribution in [1.82, 2.24) is 4.90 Å². The highest BCUT2D eigenvalue weighted by molar-refractivity contribution is 6.08. The molecular weight excluding hydrogens is 348 g/mol. The van der Waals surface area contributed by atoms with E-state index in [0.717, 1.165) is 22.8 Å². The Labute approximate surface area is 165 Å².